The lowest BCUT2D eigenvalue weighted by Crippen LogP contribution is -2.55. The number of para-hydroxylation sites is 1. The molecule has 2 aromatic carbocycles. The van der Waals surface area contributed by atoms with Crippen molar-refractivity contribution in [1.82, 2.24) is 15.5 Å². The van der Waals surface area contributed by atoms with E-state index in [1.807, 2.05) is 44.2 Å². The Morgan fingerprint density at radius 2 is 1.61 bits per heavy atom. The molecule has 0 saturated heterocycles. The Morgan fingerprint density at radius 1 is 0.951 bits per heavy atom. The van der Waals surface area contributed by atoms with Crippen LogP contribution in [-0.2, 0) is 20.9 Å². The minimum atomic E-state index is -1.10. The summed E-state index contributed by atoms with van der Waals surface area (Å²) >= 11 is 0. The van der Waals surface area contributed by atoms with Gasteiger partial charge in [-0.2, -0.15) is 0 Å². The maximum Gasteiger partial charge on any atom is 0.408 e. The average molecular weight is 568 g/mol. The van der Waals surface area contributed by atoms with Gasteiger partial charge in [0.15, 0.2) is 0 Å². The van der Waals surface area contributed by atoms with Crippen molar-refractivity contribution in [3.8, 4) is 5.75 Å². The Labute approximate surface area is 245 Å². The first-order chi connectivity index (χ1) is 19.4. The smallest absolute Gasteiger partial charge is 0.408 e. The van der Waals surface area contributed by atoms with Crippen LogP contribution in [0, 0.1) is 12.8 Å². The number of hydrogen-bond acceptors (Lipinski definition) is 5. The van der Waals surface area contributed by atoms with E-state index in [-0.39, 0.29) is 18.2 Å². The molecule has 0 aromatic heterocycles. The van der Waals surface area contributed by atoms with Crippen molar-refractivity contribution in [2.75, 3.05) is 6.54 Å². The summed E-state index contributed by atoms with van der Waals surface area (Å²) in [5.74, 6) is -1.12. The van der Waals surface area contributed by atoms with E-state index in [9.17, 15) is 19.5 Å². The Bertz CT molecular complexity index is 1130. The maximum atomic E-state index is 14.3. The van der Waals surface area contributed by atoms with Gasteiger partial charge in [-0.1, -0.05) is 95.0 Å². The summed E-state index contributed by atoms with van der Waals surface area (Å²) in [6.45, 7) is 13.4. The van der Waals surface area contributed by atoms with Crippen LogP contribution >= 0.6 is 0 Å². The summed E-state index contributed by atoms with van der Waals surface area (Å²) in [4.78, 5) is 42.5. The van der Waals surface area contributed by atoms with Crippen LogP contribution in [0.3, 0.4) is 0 Å². The summed E-state index contributed by atoms with van der Waals surface area (Å²) in [6.07, 6.45) is 4.06. The third-order valence-electron chi connectivity index (χ3n) is 6.82. The van der Waals surface area contributed by atoms with E-state index in [0.29, 0.717) is 24.1 Å². The highest BCUT2D eigenvalue weighted by atomic mass is 16.6. The largest absolute Gasteiger partial charge is 0.507 e. The van der Waals surface area contributed by atoms with Crippen LogP contribution in [0.4, 0.5) is 4.79 Å². The predicted molar refractivity (Wildman–Crippen MR) is 162 cm³/mol. The fourth-order valence-electron chi connectivity index (χ4n) is 4.61. The number of carbonyl (C=O) groups excluding carboxylic acids is 3. The molecule has 3 N–H and O–H groups in total. The highest BCUT2D eigenvalue weighted by Crippen LogP contribution is 2.33. The zero-order chi connectivity index (χ0) is 30.6. The van der Waals surface area contributed by atoms with Crippen LogP contribution in [0.25, 0.3) is 0 Å². The summed E-state index contributed by atoms with van der Waals surface area (Å²) in [5, 5.41) is 16.8. The number of nitrogens with zero attached hydrogens (tertiary/aromatic N) is 1. The predicted octanol–water partition coefficient (Wildman–Crippen LogP) is 6.41. The highest BCUT2D eigenvalue weighted by Gasteiger charge is 2.38. The molecule has 2 aromatic rings. The van der Waals surface area contributed by atoms with Crippen molar-refractivity contribution in [1.29, 1.82) is 0 Å². The lowest BCUT2D eigenvalue weighted by atomic mass is 9.96. The molecule has 0 heterocycles. The van der Waals surface area contributed by atoms with Gasteiger partial charge in [0, 0.05) is 18.7 Å². The molecule has 0 aliphatic rings. The molecule has 8 nitrogen and oxygen atoms in total. The van der Waals surface area contributed by atoms with Crippen LogP contribution < -0.4 is 10.6 Å². The van der Waals surface area contributed by atoms with Crippen LogP contribution in [0.5, 0.6) is 5.75 Å². The van der Waals surface area contributed by atoms with Crippen molar-refractivity contribution in [2.45, 2.75) is 105 Å². The quantitative estimate of drug-likeness (QED) is 0.229. The number of nitrogens with one attached hydrogen (secondary N) is 2. The van der Waals surface area contributed by atoms with Gasteiger partial charge in [-0.05, 0) is 51.2 Å². The maximum absolute atomic E-state index is 14.3. The molecule has 2 atom stereocenters. The molecule has 0 fully saturated rings. The van der Waals surface area contributed by atoms with Crippen LogP contribution in [0.15, 0.2) is 48.5 Å². The van der Waals surface area contributed by atoms with Crippen LogP contribution in [0.2, 0.25) is 0 Å². The Balaban J connectivity index is 2.51. The average Bonchev–Trinajstić information content (AvgIpc) is 2.91. The van der Waals surface area contributed by atoms with Crippen molar-refractivity contribution in [3.05, 3.63) is 65.2 Å². The van der Waals surface area contributed by atoms with E-state index in [4.69, 9.17) is 4.74 Å². The van der Waals surface area contributed by atoms with Gasteiger partial charge in [0.1, 0.15) is 23.4 Å². The first-order valence-electron chi connectivity index (χ1n) is 14.8. The number of alkyl carbamates (subject to hydrolysis) is 1. The second-order valence-corrected chi connectivity index (χ2v) is 11.9. The molecular formula is C33H49N3O5. The summed E-state index contributed by atoms with van der Waals surface area (Å²) < 4.78 is 5.45. The number of ether oxygens (including phenoxy) is 1. The zero-order valence-electron chi connectivity index (χ0n) is 25.8. The first kappa shape index (κ1) is 33.7. The Kier molecular flexibility index (Phi) is 13.2. The molecule has 41 heavy (non-hydrogen) atoms. The number of phenolic OH excluding ortho intramolecular Hbond substituents is 1. The minimum Gasteiger partial charge on any atom is -0.507 e. The van der Waals surface area contributed by atoms with Gasteiger partial charge in [0.25, 0.3) is 0 Å². The van der Waals surface area contributed by atoms with Gasteiger partial charge in [0.05, 0.1) is 0 Å². The molecule has 0 radical (unpaired) electrons. The van der Waals surface area contributed by atoms with Crippen molar-refractivity contribution in [3.63, 3.8) is 0 Å². The zero-order valence-corrected chi connectivity index (χ0v) is 25.8. The molecule has 0 spiro atoms. The third kappa shape index (κ3) is 10.7. The van der Waals surface area contributed by atoms with Crippen molar-refractivity contribution < 1.29 is 24.2 Å². The van der Waals surface area contributed by atoms with Gasteiger partial charge >= 0.3 is 6.09 Å². The lowest BCUT2D eigenvalue weighted by molar-refractivity contribution is -0.143. The number of carbonyl (C=O) groups is 3. The second kappa shape index (κ2) is 16.0. The van der Waals surface area contributed by atoms with Crippen LogP contribution in [0.1, 0.15) is 96.4 Å². The molecule has 2 rings (SSSR count). The molecule has 3 amide bonds. The van der Waals surface area contributed by atoms with Gasteiger partial charge in [-0.25, -0.2) is 4.79 Å². The number of unbranched alkanes of at least 4 members (excludes halogenated alkanes) is 4. The van der Waals surface area contributed by atoms with E-state index >= 15 is 0 Å². The van der Waals surface area contributed by atoms with E-state index in [1.54, 1.807) is 45.9 Å². The van der Waals surface area contributed by atoms with Gasteiger partial charge < -0.3 is 25.4 Å². The molecule has 2 unspecified atom stereocenters. The van der Waals surface area contributed by atoms with Gasteiger partial charge in [0.2, 0.25) is 11.8 Å². The lowest BCUT2D eigenvalue weighted by Gasteiger charge is -2.36. The number of hydrogen-bond donors (Lipinski definition) is 3. The Hall–Kier alpha value is -3.55. The number of aryl methyl sites for hydroxylation is 1. The minimum absolute atomic E-state index is 0.0302. The van der Waals surface area contributed by atoms with E-state index in [0.717, 1.165) is 31.2 Å². The molecule has 226 valence electrons. The van der Waals surface area contributed by atoms with E-state index in [2.05, 4.69) is 17.6 Å². The fourth-order valence-corrected chi connectivity index (χ4v) is 4.61. The van der Waals surface area contributed by atoms with E-state index in [1.165, 1.54) is 4.90 Å². The van der Waals surface area contributed by atoms with E-state index < -0.39 is 35.6 Å². The molecular weight excluding hydrogens is 518 g/mol. The summed E-state index contributed by atoms with van der Waals surface area (Å²) in [5.41, 5.74) is 1.13. The fraction of sp³-hybridized carbons (Fsp3) is 0.545. The SMILES string of the molecule is CCCCCCCN(C(=O)C(NC(=O)OC(C)(C)C)C(C)C)C(C(=O)NCc1ccccc1)c1cccc(C)c1O. The number of phenols is 1. The normalized spacial score (nSPS) is 12.9. The molecule has 0 saturated carbocycles. The van der Waals surface area contributed by atoms with Gasteiger partial charge in [-0.15, -0.1) is 0 Å². The molecule has 0 bridgehead atoms. The van der Waals surface area contributed by atoms with Crippen molar-refractivity contribution >= 4 is 17.9 Å². The molecule has 0 aliphatic carbocycles. The monoisotopic (exact) mass is 567 g/mol. The molecule has 0 aliphatic heterocycles. The number of aromatic hydroxyl groups is 1. The third-order valence-corrected chi connectivity index (χ3v) is 6.82. The van der Waals surface area contributed by atoms with Crippen LogP contribution in [-0.4, -0.2) is 46.1 Å². The van der Waals surface area contributed by atoms with Crippen molar-refractivity contribution in [2.24, 2.45) is 5.92 Å². The summed E-state index contributed by atoms with van der Waals surface area (Å²) in [7, 11) is 0. The molecule has 8 heteroatoms. The number of rotatable bonds is 14. The topological polar surface area (TPSA) is 108 Å². The van der Waals surface area contributed by atoms with Gasteiger partial charge in [-0.3, -0.25) is 9.59 Å². The summed E-state index contributed by atoms with van der Waals surface area (Å²) in [6, 6.07) is 12.7. The Morgan fingerprint density at radius 3 is 2.22 bits per heavy atom. The second-order valence-electron chi connectivity index (χ2n) is 11.9. The highest BCUT2D eigenvalue weighted by molar-refractivity contribution is 5.92. The first-order valence-corrected chi connectivity index (χ1v) is 14.8. The number of benzene rings is 2. The number of amides is 3. The standard InChI is InChI=1S/C33H49N3O5/c1-8-9-10-11-15-21-36(31(39)27(23(2)3)35-32(40)41-33(5,6)7)28(26-20-16-17-24(4)29(26)37)30(38)34-22-25-18-13-12-14-19-25/h12-14,16-20,23,27-28,37H,8-11,15,21-22H2,1-7H3,(H,34,38)(H,35,40).